The van der Waals surface area contributed by atoms with Crippen LogP contribution in [0.1, 0.15) is 150 Å². The van der Waals surface area contributed by atoms with Crippen LogP contribution in [-0.4, -0.2) is 208 Å². The Morgan fingerprint density at radius 2 is 0.551 bits per heavy atom. The molecule has 0 bridgehead atoms. The summed E-state index contributed by atoms with van der Waals surface area (Å²) in [5, 5.41) is 48.1. The summed E-state index contributed by atoms with van der Waals surface area (Å²) in [5.41, 5.74) is -12.8. The molecule has 138 heavy (non-hydrogen) atoms. The molecule has 0 aliphatic carbocycles. The number of nitrogens with one attached hydrogen (secondary N) is 4. The van der Waals surface area contributed by atoms with Crippen molar-refractivity contribution in [2.24, 2.45) is 65.1 Å². The van der Waals surface area contributed by atoms with Gasteiger partial charge in [-0.3, -0.25) is 89.3 Å². The maximum absolute atomic E-state index is 13.8. The van der Waals surface area contributed by atoms with E-state index in [4.69, 9.17) is 37.9 Å². The first-order valence-electron chi connectivity index (χ1n) is 45.2. The summed E-state index contributed by atoms with van der Waals surface area (Å²) in [6.45, 7) is 8.88. The van der Waals surface area contributed by atoms with Crippen molar-refractivity contribution in [2.75, 3.05) is 86.5 Å². The summed E-state index contributed by atoms with van der Waals surface area (Å²) >= 11 is 0. The molecule has 6 aliphatic heterocycles. The van der Waals surface area contributed by atoms with Gasteiger partial charge in [-0.05, 0) is 72.8 Å². The molecule has 0 amide bonds. The molecule has 6 aromatic heterocycles. The normalized spacial score (nSPS) is 30.6. The summed E-state index contributed by atoms with van der Waals surface area (Å²) < 4.78 is 175. The van der Waals surface area contributed by atoms with E-state index < -0.39 is 253 Å². The molecule has 8 aromatic rings. The number of aromatic amines is 4. The predicted molar refractivity (Wildman–Crippen MR) is 481 cm³/mol. The van der Waals surface area contributed by atoms with E-state index in [2.05, 4.69) is 15.0 Å². The van der Waals surface area contributed by atoms with Crippen LogP contribution in [0.25, 0.3) is 0 Å². The maximum Gasteiger partial charge on any atom is 0.335 e. The van der Waals surface area contributed by atoms with Crippen molar-refractivity contribution < 1.29 is 103 Å². The van der Waals surface area contributed by atoms with Crippen molar-refractivity contribution in [3.8, 4) is 0 Å². The number of hydrogen-bond donors (Lipinski definition) is 9. The molecule has 0 saturated carbocycles. The first-order valence-corrected chi connectivity index (χ1v) is 45.2. The Hall–Kier alpha value is -10.6. The summed E-state index contributed by atoms with van der Waals surface area (Å²) in [4.78, 5) is 150. The SMILES string of the molecule is CC[C@@]1(CF)O[C@@H](n2ccc(=O)[nH]c2=O)[C@@H](CF)[C@@H]1C.CC[C@@]1(CF)O[C@@H](n2ccc(=O)[nH]c2=O)[C@@H](CO)[C@@H]1C.CC[C@@]1(CF)O[C@@H](n2ccc(=O)[nH]c2=O)[C@H](CO)[C@@H]1C.CC[C@@]1(CF)O[C@@H](n2ccc(=O)n(COCc3ccccc3)c2=O)[C@@H](CF)[C@@H]1C.CC[C@@]1(CF)O[C@@H](n2ccc(=O)n(COCc3ccccc3)c2=O)[C@@H](CO)[C@@H]1C.O=c1ccn([C@@H]2O[C@@](CO)(CF)[C@@H](O)[C@@H]2CF)c(=O)[nH]1. The molecule has 6 fully saturated rings. The topological polar surface area (TPSA) is 482 Å². The van der Waals surface area contributed by atoms with Crippen LogP contribution in [-0.2, 0) is 64.6 Å². The molecule has 0 unspecified atom stereocenters. The van der Waals surface area contributed by atoms with E-state index in [9.17, 15) is 123 Å². The smallest absolute Gasteiger partial charge is 0.335 e. The second kappa shape index (κ2) is 49.0. The number of H-pyrrole nitrogens is 4. The van der Waals surface area contributed by atoms with Crippen LogP contribution in [0.4, 0.5) is 39.5 Å². The van der Waals surface area contributed by atoms with Gasteiger partial charge >= 0.3 is 34.1 Å². The van der Waals surface area contributed by atoms with Crippen LogP contribution in [0.15, 0.2) is 192 Å². The standard InChI is InChI=1S/C21H26F2N2O4.C21H27FN2O5.C13H18F2N2O3.2C13H19FN2O4.C11H14F2N2O5/c1-3-21(13-23)15(2)17(11-22)19(29-21)24-10-9-18(26)25(20(24)27)14-28-12-16-7-5-4-6-8-16;1-3-21(13-22)15(2)17(11-25)19(29-21)23-10-9-18(26)24(20(23)27)14-28-12-16-7-5-4-6-8-16;1-3-13(7-15)8(2)9(6-14)11(20-13)17-5-4-10(18)16-12(17)19;2*1-3-13(7-14)8(2)9(6-17)11(20-13)16-5-4-10(18)15-12(16)19;12-3-6-8(18)11(4-13,5-16)20-9(6)15-2-1-7(17)14-10(15)19/h4-10,15,17,19H,3,11-14H2,1-2H3;4-10,15,17,19,25H,3,11-14H2,1-2H3;4-5,8-9,11H,3,6-7H2,1-2H3,(H,16,18,19);2*4-5,8-9,11,17H,3,6-7H2,1-2H3,(H,15,18,19);1-2,6,8-9,16,18H,3-5H2,(H,14,17,19)/t2*15-,17-,19+,21-;8-,9-,11+,13-;8-,9+,11+,13-;8-,9-,11+,13-;6-,8-,9+,11+/m000000/s1. The molecule has 37 nitrogen and oxygen atoms in total. The number of aliphatic hydroxyl groups is 5. The number of benzene rings is 2. The molecule has 764 valence electrons. The lowest BCUT2D eigenvalue weighted by atomic mass is 9.81. The molecule has 0 spiro atoms. The zero-order valence-corrected chi connectivity index (χ0v) is 78.0. The average Bonchev–Trinajstić information content (AvgIpc) is 1.46. The van der Waals surface area contributed by atoms with Gasteiger partial charge in [0.05, 0.1) is 71.7 Å². The van der Waals surface area contributed by atoms with Crippen molar-refractivity contribution in [3.05, 3.63) is 270 Å². The highest BCUT2D eigenvalue weighted by molar-refractivity contribution is 5.15. The lowest BCUT2D eigenvalue weighted by Crippen LogP contribution is -2.47. The zero-order chi connectivity index (χ0) is 102. The van der Waals surface area contributed by atoms with E-state index in [0.29, 0.717) is 32.1 Å². The Kier molecular flexibility index (Phi) is 39.4. The molecule has 14 rings (SSSR count). The fraction of sp³-hybridized carbons (Fsp3) is 0.609. The first kappa shape index (κ1) is 111. The third-order valence-electron chi connectivity index (χ3n) is 28.3. The average molecular weight is 1970 g/mol. The van der Waals surface area contributed by atoms with Crippen LogP contribution in [0.2, 0.25) is 0 Å². The van der Waals surface area contributed by atoms with Crippen LogP contribution in [0.3, 0.4) is 0 Å². The van der Waals surface area contributed by atoms with Crippen LogP contribution < -0.4 is 67.5 Å². The number of rotatable bonds is 32. The number of hydrogen-bond acceptors (Lipinski definition) is 25. The quantitative estimate of drug-likeness (QED) is 0.0215. The summed E-state index contributed by atoms with van der Waals surface area (Å²) in [6, 6.07) is 25.8. The number of nitrogens with zero attached hydrogens (tertiary/aromatic N) is 8. The second-order valence-corrected chi connectivity index (χ2v) is 35.1. The highest BCUT2D eigenvalue weighted by atomic mass is 19.2. The molecule has 46 heteroatoms. The molecule has 0 radical (unpaired) electrons. The van der Waals surface area contributed by atoms with E-state index in [1.165, 1.54) is 73.5 Å². The highest BCUT2D eigenvalue weighted by Gasteiger charge is 2.59. The van der Waals surface area contributed by atoms with Crippen molar-refractivity contribution in [2.45, 2.75) is 205 Å². The predicted octanol–water partition coefficient (Wildman–Crippen LogP) is 6.10. The second-order valence-electron chi connectivity index (χ2n) is 35.1. The van der Waals surface area contributed by atoms with Gasteiger partial charge in [-0.2, -0.15) is 0 Å². The van der Waals surface area contributed by atoms with Gasteiger partial charge in [-0.25, -0.2) is 64.2 Å². The van der Waals surface area contributed by atoms with Gasteiger partial charge in [0.15, 0.2) is 0 Å². The molecule has 12 heterocycles. The highest BCUT2D eigenvalue weighted by Crippen LogP contribution is 2.53. The monoisotopic (exact) mass is 1970 g/mol. The van der Waals surface area contributed by atoms with Crippen LogP contribution in [0, 0.1) is 65.1 Å². The Bertz CT molecular complexity index is 5440. The molecule has 6 aliphatic rings. The molecule has 2 aromatic carbocycles. The van der Waals surface area contributed by atoms with E-state index in [-0.39, 0.29) is 70.2 Å². The molecular weight excluding hydrogens is 1840 g/mol. The van der Waals surface area contributed by atoms with E-state index >= 15 is 0 Å². The Labute approximate surface area is 783 Å². The van der Waals surface area contributed by atoms with Crippen molar-refractivity contribution in [1.29, 1.82) is 0 Å². The van der Waals surface area contributed by atoms with E-state index in [0.717, 1.165) is 47.7 Å². The van der Waals surface area contributed by atoms with Gasteiger partial charge in [-0.15, -0.1) is 0 Å². The van der Waals surface area contributed by atoms with Crippen molar-refractivity contribution in [3.63, 3.8) is 0 Å². The Morgan fingerprint density at radius 1 is 0.319 bits per heavy atom. The number of halogens is 9. The molecule has 24 atom stereocenters. The number of alkyl halides is 9. The Balaban J connectivity index is 0.000000187. The van der Waals surface area contributed by atoms with Gasteiger partial charge < -0.3 is 63.4 Å². The molecule has 9 N–H and O–H groups in total. The van der Waals surface area contributed by atoms with Gasteiger partial charge in [-0.1, -0.05) is 130 Å². The zero-order valence-electron chi connectivity index (χ0n) is 78.0. The number of aromatic nitrogens is 12. The first-order chi connectivity index (χ1) is 65.9. The molecule has 6 saturated heterocycles. The minimum Gasteiger partial charge on any atom is -0.396 e. The maximum atomic E-state index is 13.8. The fourth-order valence-corrected chi connectivity index (χ4v) is 18.6. The minimum atomic E-state index is -1.98. The number of ether oxygens (including phenoxy) is 8. The van der Waals surface area contributed by atoms with Crippen LogP contribution >= 0.6 is 0 Å². The summed E-state index contributed by atoms with van der Waals surface area (Å²) in [5.74, 6) is -5.43. The van der Waals surface area contributed by atoms with Gasteiger partial charge in [0.1, 0.15) is 124 Å². The van der Waals surface area contributed by atoms with Gasteiger partial charge in [0.2, 0.25) is 0 Å². The fourth-order valence-electron chi connectivity index (χ4n) is 18.6. The van der Waals surface area contributed by atoms with Crippen molar-refractivity contribution >= 4 is 0 Å². The summed E-state index contributed by atoms with van der Waals surface area (Å²) in [7, 11) is 0. The molecular formula is C92H123F9N12O25. The van der Waals surface area contributed by atoms with Gasteiger partial charge in [0.25, 0.3) is 33.4 Å². The number of aliphatic hydroxyl groups excluding tert-OH is 5. The van der Waals surface area contributed by atoms with Crippen LogP contribution in [0.5, 0.6) is 0 Å². The third-order valence-corrected chi connectivity index (χ3v) is 28.3. The lowest BCUT2D eigenvalue weighted by Gasteiger charge is -2.29. The van der Waals surface area contributed by atoms with Gasteiger partial charge in [0, 0.05) is 103 Å². The Morgan fingerprint density at radius 3 is 0.790 bits per heavy atom. The summed E-state index contributed by atoms with van der Waals surface area (Å²) in [6.07, 6.45) is 2.33. The third kappa shape index (κ3) is 23.2. The lowest BCUT2D eigenvalue weighted by molar-refractivity contribution is -0.138. The minimum absolute atomic E-state index is 0.221. The van der Waals surface area contributed by atoms with Crippen molar-refractivity contribution in [1.82, 2.24) is 56.5 Å². The van der Waals surface area contributed by atoms with E-state index in [1.54, 1.807) is 41.5 Å². The largest absolute Gasteiger partial charge is 0.396 e. The van der Waals surface area contributed by atoms with E-state index in [1.807, 2.05) is 93.3 Å².